The lowest BCUT2D eigenvalue weighted by Gasteiger charge is -2.11. The number of aromatic nitrogens is 2. The van der Waals surface area contributed by atoms with Gasteiger partial charge < -0.3 is 5.32 Å². The van der Waals surface area contributed by atoms with Crippen molar-refractivity contribution in [2.45, 2.75) is 19.8 Å². The van der Waals surface area contributed by atoms with Crippen molar-refractivity contribution in [2.75, 3.05) is 5.32 Å². The third kappa shape index (κ3) is 2.81. The Morgan fingerprint density at radius 1 is 1.09 bits per heavy atom. The van der Waals surface area contributed by atoms with E-state index in [4.69, 9.17) is 0 Å². The van der Waals surface area contributed by atoms with E-state index in [0.29, 0.717) is 11.4 Å². The highest BCUT2D eigenvalue weighted by atomic mass is 16.1. The standard InChI is InChI=1S/C18H17N3O/c1-12(2)16-11-14(13-7-3-4-8-15(13)20-16)18(22)21-17-9-5-6-10-19-17/h3-12H,1-2H3,(H,19,21,22). The Balaban J connectivity index is 2.06. The Hall–Kier alpha value is -2.75. The van der Waals surface area contributed by atoms with Crippen LogP contribution in [0.25, 0.3) is 10.9 Å². The summed E-state index contributed by atoms with van der Waals surface area (Å²) in [5.74, 6) is 0.629. The van der Waals surface area contributed by atoms with Crippen molar-refractivity contribution in [2.24, 2.45) is 0 Å². The van der Waals surface area contributed by atoms with E-state index < -0.39 is 0 Å². The van der Waals surface area contributed by atoms with Gasteiger partial charge in [0, 0.05) is 17.3 Å². The van der Waals surface area contributed by atoms with E-state index in [0.717, 1.165) is 16.6 Å². The lowest BCUT2D eigenvalue weighted by atomic mass is 10.0. The summed E-state index contributed by atoms with van der Waals surface area (Å²) in [6.45, 7) is 4.13. The number of amides is 1. The van der Waals surface area contributed by atoms with Gasteiger partial charge in [0.25, 0.3) is 5.91 Å². The third-order valence-corrected chi connectivity index (χ3v) is 3.48. The number of nitrogens with zero attached hydrogens (tertiary/aromatic N) is 2. The molecule has 1 aromatic carbocycles. The highest BCUT2D eigenvalue weighted by molar-refractivity contribution is 6.12. The molecule has 3 aromatic rings. The number of carbonyl (C=O) groups excluding carboxylic acids is 1. The molecule has 0 atom stereocenters. The lowest BCUT2D eigenvalue weighted by Crippen LogP contribution is -2.14. The van der Waals surface area contributed by atoms with Crippen LogP contribution in [0.4, 0.5) is 5.82 Å². The molecular weight excluding hydrogens is 274 g/mol. The van der Waals surface area contributed by atoms with E-state index in [1.807, 2.05) is 42.5 Å². The van der Waals surface area contributed by atoms with Crippen molar-refractivity contribution >= 4 is 22.6 Å². The highest BCUT2D eigenvalue weighted by Crippen LogP contribution is 2.23. The topological polar surface area (TPSA) is 54.9 Å². The fourth-order valence-corrected chi connectivity index (χ4v) is 2.30. The van der Waals surface area contributed by atoms with Gasteiger partial charge in [0.1, 0.15) is 5.82 Å². The zero-order chi connectivity index (χ0) is 15.5. The maximum absolute atomic E-state index is 12.6. The van der Waals surface area contributed by atoms with Crippen molar-refractivity contribution in [3.63, 3.8) is 0 Å². The number of carbonyl (C=O) groups is 1. The second kappa shape index (κ2) is 5.93. The second-order valence-corrected chi connectivity index (χ2v) is 5.44. The molecule has 2 heterocycles. The lowest BCUT2D eigenvalue weighted by molar-refractivity contribution is 0.102. The van der Waals surface area contributed by atoms with Gasteiger partial charge in [-0.25, -0.2) is 4.98 Å². The van der Waals surface area contributed by atoms with Crippen LogP contribution in [0.15, 0.2) is 54.7 Å². The predicted molar refractivity (Wildman–Crippen MR) is 88.0 cm³/mol. The van der Waals surface area contributed by atoms with Gasteiger partial charge in [0.05, 0.1) is 11.1 Å². The Bertz CT molecular complexity index is 813. The zero-order valence-electron chi connectivity index (χ0n) is 12.6. The fraction of sp³-hybridized carbons (Fsp3) is 0.167. The normalized spacial score (nSPS) is 10.9. The maximum atomic E-state index is 12.6. The van der Waals surface area contributed by atoms with E-state index >= 15 is 0 Å². The van der Waals surface area contributed by atoms with Crippen molar-refractivity contribution < 1.29 is 4.79 Å². The molecule has 0 aliphatic rings. The first-order valence-corrected chi connectivity index (χ1v) is 7.27. The molecule has 0 saturated heterocycles. The number of hydrogen-bond acceptors (Lipinski definition) is 3. The van der Waals surface area contributed by atoms with Gasteiger partial charge >= 0.3 is 0 Å². The van der Waals surface area contributed by atoms with Gasteiger partial charge in [0.2, 0.25) is 0 Å². The van der Waals surface area contributed by atoms with Crippen LogP contribution in [0.3, 0.4) is 0 Å². The van der Waals surface area contributed by atoms with E-state index in [9.17, 15) is 4.79 Å². The number of benzene rings is 1. The predicted octanol–water partition coefficient (Wildman–Crippen LogP) is 4.01. The van der Waals surface area contributed by atoms with Gasteiger partial charge in [-0.2, -0.15) is 0 Å². The van der Waals surface area contributed by atoms with Gasteiger partial charge in [-0.15, -0.1) is 0 Å². The molecule has 4 nitrogen and oxygen atoms in total. The average Bonchev–Trinajstić information content (AvgIpc) is 2.54. The average molecular weight is 291 g/mol. The monoisotopic (exact) mass is 291 g/mol. The first-order valence-electron chi connectivity index (χ1n) is 7.27. The molecule has 4 heteroatoms. The third-order valence-electron chi connectivity index (χ3n) is 3.48. The van der Waals surface area contributed by atoms with Crippen LogP contribution >= 0.6 is 0 Å². The minimum absolute atomic E-state index is 0.167. The molecule has 3 rings (SSSR count). The summed E-state index contributed by atoms with van der Waals surface area (Å²) in [5, 5.41) is 3.69. The molecule has 1 amide bonds. The molecule has 0 unspecified atom stereocenters. The summed E-state index contributed by atoms with van der Waals surface area (Å²) in [6, 6.07) is 15.0. The van der Waals surface area contributed by atoms with Crippen molar-refractivity contribution in [3.05, 3.63) is 66.0 Å². The summed E-state index contributed by atoms with van der Waals surface area (Å²) in [4.78, 5) is 21.4. The molecule has 0 aliphatic heterocycles. The molecule has 22 heavy (non-hydrogen) atoms. The number of para-hydroxylation sites is 1. The summed E-state index contributed by atoms with van der Waals surface area (Å²) in [5.41, 5.74) is 2.37. The molecule has 2 aromatic heterocycles. The maximum Gasteiger partial charge on any atom is 0.257 e. The van der Waals surface area contributed by atoms with Crippen LogP contribution in [-0.4, -0.2) is 15.9 Å². The summed E-state index contributed by atoms with van der Waals surface area (Å²) >= 11 is 0. The number of nitrogens with one attached hydrogen (secondary N) is 1. The summed E-state index contributed by atoms with van der Waals surface area (Å²) in [7, 11) is 0. The van der Waals surface area contributed by atoms with E-state index in [1.54, 1.807) is 12.3 Å². The molecule has 0 spiro atoms. The smallest absolute Gasteiger partial charge is 0.257 e. The number of hydrogen-bond donors (Lipinski definition) is 1. The summed E-state index contributed by atoms with van der Waals surface area (Å²) in [6.07, 6.45) is 1.65. The number of anilines is 1. The van der Waals surface area contributed by atoms with Crippen LogP contribution in [0.5, 0.6) is 0 Å². The first kappa shape index (κ1) is 14.2. The molecule has 0 fully saturated rings. The number of rotatable bonds is 3. The van der Waals surface area contributed by atoms with Crippen LogP contribution < -0.4 is 5.32 Å². The summed E-state index contributed by atoms with van der Waals surface area (Å²) < 4.78 is 0. The van der Waals surface area contributed by atoms with Crippen LogP contribution in [0.2, 0.25) is 0 Å². The molecule has 110 valence electrons. The molecule has 1 N–H and O–H groups in total. The SMILES string of the molecule is CC(C)c1cc(C(=O)Nc2ccccn2)c2ccccc2n1. The van der Waals surface area contributed by atoms with Crippen LogP contribution in [-0.2, 0) is 0 Å². The van der Waals surface area contributed by atoms with Crippen molar-refractivity contribution in [1.82, 2.24) is 9.97 Å². The minimum atomic E-state index is -0.167. The molecule has 0 aliphatic carbocycles. The first-order chi connectivity index (χ1) is 10.6. The van der Waals surface area contributed by atoms with Crippen LogP contribution in [0, 0.1) is 0 Å². The quantitative estimate of drug-likeness (QED) is 0.793. The van der Waals surface area contributed by atoms with Crippen LogP contribution in [0.1, 0.15) is 35.8 Å². The van der Waals surface area contributed by atoms with E-state index in [-0.39, 0.29) is 11.8 Å². The fourth-order valence-electron chi connectivity index (χ4n) is 2.30. The number of pyridine rings is 2. The Kier molecular flexibility index (Phi) is 3.83. The van der Waals surface area contributed by atoms with Gasteiger partial charge in [-0.05, 0) is 30.2 Å². The largest absolute Gasteiger partial charge is 0.307 e. The molecule has 0 saturated carbocycles. The Morgan fingerprint density at radius 3 is 2.59 bits per heavy atom. The van der Waals surface area contributed by atoms with Gasteiger partial charge in [0.15, 0.2) is 0 Å². The molecule has 0 radical (unpaired) electrons. The molecule has 0 bridgehead atoms. The Morgan fingerprint density at radius 2 is 1.86 bits per heavy atom. The van der Waals surface area contributed by atoms with Crippen molar-refractivity contribution in [1.29, 1.82) is 0 Å². The Labute approximate surface area is 129 Å². The van der Waals surface area contributed by atoms with Gasteiger partial charge in [-0.3, -0.25) is 9.78 Å². The van der Waals surface area contributed by atoms with E-state index in [1.165, 1.54) is 0 Å². The van der Waals surface area contributed by atoms with Crippen molar-refractivity contribution in [3.8, 4) is 0 Å². The minimum Gasteiger partial charge on any atom is -0.307 e. The molecular formula is C18H17N3O. The second-order valence-electron chi connectivity index (χ2n) is 5.44. The number of fused-ring (bicyclic) bond motifs is 1. The van der Waals surface area contributed by atoms with E-state index in [2.05, 4.69) is 29.1 Å². The van der Waals surface area contributed by atoms with Gasteiger partial charge in [-0.1, -0.05) is 38.1 Å². The highest BCUT2D eigenvalue weighted by Gasteiger charge is 2.14. The zero-order valence-corrected chi connectivity index (χ0v) is 12.6.